The number of halogens is 1. The Morgan fingerprint density at radius 2 is 0.865 bits per heavy atom. The second-order valence-corrected chi connectivity index (χ2v) is 15.3. The van der Waals surface area contributed by atoms with Gasteiger partial charge in [0, 0.05) is 0 Å². The van der Waals surface area contributed by atoms with Crippen LogP contribution in [0, 0.1) is 11.5 Å². The fourth-order valence-electron chi connectivity index (χ4n) is 5.15. The average Bonchev–Trinajstić information content (AvgIpc) is 2.80. The van der Waals surface area contributed by atoms with Crippen molar-refractivity contribution in [2.24, 2.45) is 0 Å². The van der Waals surface area contributed by atoms with E-state index in [1.54, 1.807) is 0 Å². The maximum atomic E-state index is 18.7. The highest BCUT2D eigenvalue weighted by Crippen LogP contribution is 2.33. The number of hydrogen-bond acceptors (Lipinski definition) is 0. The van der Waals surface area contributed by atoms with Crippen LogP contribution in [-0.4, -0.2) is 8.41 Å². The second-order valence-electron chi connectivity index (χ2n) is 12.8. The minimum Gasteiger partial charge on any atom is -0.285 e. The minimum absolute atomic E-state index is 0.195. The summed E-state index contributed by atoms with van der Waals surface area (Å²) in [4.78, 5) is 0. The average molecular weight is 519 g/mol. The van der Waals surface area contributed by atoms with E-state index in [0.717, 1.165) is 32.6 Å². The van der Waals surface area contributed by atoms with Crippen LogP contribution >= 0.6 is 0 Å². The molecular weight excluding hydrogens is 467 g/mol. The molecule has 0 aromatic heterocycles. The minimum atomic E-state index is -4.03. The normalized spacial score (nSPS) is 12.3. The van der Waals surface area contributed by atoms with Gasteiger partial charge >= 0.3 is 8.41 Å². The van der Waals surface area contributed by atoms with E-state index in [2.05, 4.69) is 125 Å². The highest BCUT2D eigenvalue weighted by Gasteiger charge is 2.46. The standard InChI is InChI=1S/C35H51FSi/c1-21(2)15-16-37(36,34-30(24(7)8)17-28(22(3)4)18-31(34)25(9)10)35-32(26(11)12)19-29(23(5)6)20-33(35)27(13)14/h17-20,22-27H,1H2,2-14H3. The third-order valence-corrected chi connectivity index (χ3v) is 10.4. The number of rotatable bonds is 8. The first-order valence-electron chi connectivity index (χ1n) is 14.3. The summed E-state index contributed by atoms with van der Waals surface area (Å²) in [6.07, 6.45) is 0. The molecule has 0 radical (unpaired) electrons. The third kappa shape index (κ3) is 6.67. The lowest BCUT2D eigenvalue weighted by molar-refractivity contribution is 0.784. The van der Waals surface area contributed by atoms with E-state index in [1.807, 2.05) is 6.92 Å². The van der Waals surface area contributed by atoms with Crippen molar-refractivity contribution in [1.29, 1.82) is 0 Å². The molecule has 0 saturated carbocycles. The lowest BCUT2D eigenvalue weighted by Crippen LogP contribution is -2.59. The summed E-state index contributed by atoms with van der Waals surface area (Å²) in [5.74, 6) is 4.70. The van der Waals surface area contributed by atoms with Crippen LogP contribution in [0.25, 0.3) is 0 Å². The van der Waals surface area contributed by atoms with Gasteiger partial charge in [0.25, 0.3) is 0 Å². The summed E-state index contributed by atoms with van der Waals surface area (Å²) >= 11 is 0. The van der Waals surface area contributed by atoms with Gasteiger partial charge in [-0.3, -0.25) is 4.11 Å². The lowest BCUT2D eigenvalue weighted by Gasteiger charge is -2.33. The van der Waals surface area contributed by atoms with E-state index >= 15 is 4.11 Å². The molecule has 202 valence electrons. The molecule has 0 nitrogen and oxygen atoms in total. The first kappa shape index (κ1) is 31.1. The molecule has 0 atom stereocenters. The van der Waals surface area contributed by atoms with Gasteiger partial charge in [-0.1, -0.05) is 125 Å². The van der Waals surface area contributed by atoms with Gasteiger partial charge < -0.3 is 0 Å². The smallest absolute Gasteiger partial charge is 0.285 e. The van der Waals surface area contributed by atoms with Crippen molar-refractivity contribution in [3.05, 3.63) is 69.8 Å². The predicted octanol–water partition coefficient (Wildman–Crippen LogP) is 9.57. The lowest BCUT2D eigenvalue weighted by atomic mass is 9.89. The zero-order chi connectivity index (χ0) is 28.4. The van der Waals surface area contributed by atoms with E-state index < -0.39 is 8.41 Å². The van der Waals surface area contributed by atoms with Crippen LogP contribution in [0.5, 0.6) is 0 Å². The fraction of sp³-hybridized carbons (Fsp3) is 0.543. The van der Waals surface area contributed by atoms with Gasteiger partial charge in [-0.2, -0.15) is 0 Å². The summed E-state index contributed by atoms with van der Waals surface area (Å²) in [5, 5.41) is 1.77. The van der Waals surface area contributed by atoms with Crippen LogP contribution in [0.1, 0.15) is 159 Å². The van der Waals surface area contributed by atoms with Gasteiger partial charge in [-0.15, -0.1) is 0 Å². The van der Waals surface area contributed by atoms with Crippen LogP contribution in [0.15, 0.2) is 36.4 Å². The van der Waals surface area contributed by atoms with E-state index in [0.29, 0.717) is 17.4 Å². The van der Waals surface area contributed by atoms with Crippen molar-refractivity contribution in [3.63, 3.8) is 0 Å². The van der Waals surface area contributed by atoms with E-state index in [9.17, 15) is 0 Å². The van der Waals surface area contributed by atoms with Gasteiger partial charge in [0.15, 0.2) is 0 Å². The Bertz CT molecular complexity index is 1050. The summed E-state index contributed by atoms with van der Waals surface area (Å²) in [6, 6.07) is 9.08. The Morgan fingerprint density at radius 1 is 0.595 bits per heavy atom. The summed E-state index contributed by atoms with van der Waals surface area (Å²) in [5.41, 5.74) is 11.1. The van der Waals surface area contributed by atoms with Gasteiger partial charge in [0.05, 0.1) is 0 Å². The van der Waals surface area contributed by atoms with Crippen molar-refractivity contribution in [3.8, 4) is 11.5 Å². The summed E-state index contributed by atoms with van der Waals surface area (Å²) < 4.78 is 18.7. The van der Waals surface area contributed by atoms with Crippen molar-refractivity contribution in [1.82, 2.24) is 0 Å². The highest BCUT2D eigenvalue weighted by molar-refractivity contribution is 7.04. The largest absolute Gasteiger partial charge is 0.386 e. The van der Waals surface area contributed by atoms with E-state index in [1.165, 1.54) is 11.1 Å². The van der Waals surface area contributed by atoms with E-state index in [4.69, 9.17) is 0 Å². The molecule has 37 heavy (non-hydrogen) atoms. The van der Waals surface area contributed by atoms with Crippen LogP contribution in [0.4, 0.5) is 4.11 Å². The van der Waals surface area contributed by atoms with Crippen LogP contribution in [0.3, 0.4) is 0 Å². The van der Waals surface area contributed by atoms with Crippen LogP contribution in [0.2, 0.25) is 0 Å². The molecule has 0 fully saturated rings. The zero-order valence-electron chi connectivity index (χ0n) is 25.9. The van der Waals surface area contributed by atoms with Crippen molar-refractivity contribution >= 4 is 18.8 Å². The number of hydrogen-bond donors (Lipinski definition) is 0. The molecule has 0 saturated heterocycles. The van der Waals surface area contributed by atoms with Gasteiger partial charge in [0.2, 0.25) is 0 Å². The van der Waals surface area contributed by atoms with Crippen LogP contribution in [-0.2, 0) is 0 Å². The van der Waals surface area contributed by atoms with Gasteiger partial charge in [-0.05, 0) is 91.8 Å². The van der Waals surface area contributed by atoms with Gasteiger partial charge in [-0.25, -0.2) is 0 Å². The summed E-state index contributed by atoms with van der Waals surface area (Å²) in [7, 11) is -4.03. The third-order valence-electron chi connectivity index (χ3n) is 7.40. The van der Waals surface area contributed by atoms with Crippen LogP contribution < -0.4 is 10.4 Å². The fourth-order valence-corrected chi connectivity index (χ4v) is 9.07. The van der Waals surface area contributed by atoms with E-state index in [-0.39, 0.29) is 23.7 Å². The molecule has 0 heterocycles. The monoisotopic (exact) mass is 518 g/mol. The Balaban J connectivity index is 3.29. The molecular formula is C35H51FSi. The van der Waals surface area contributed by atoms with Gasteiger partial charge in [0.1, 0.15) is 0 Å². The molecule has 2 aromatic rings. The maximum Gasteiger partial charge on any atom is 0.386 e. The van der Waals surface area contributed by atoms with Crippen molar-refractivity contribution < 1.29 is 4.11 Å². The molecule has 0 amide bonds. The molecule has 0 spiro atoms. The molecule has 0 aliphatic rings. The molecule has 2 rings (SSSR count). The molecule has 2 aromatic carbocycles. The first-order valence-corrected chi connectivity index (χ1v) is 16.1. The predicted molar refractivity (Wildman–Crippen MR) is 166 cm³/mol. The Hall–Kier alpha value is -2.11. The quantitative estimate of drug-likeness (QED) is 0.185. The molecule has 0 N–H and O–H groups in total. The highest BCUT2D eigenvalue weighted by atomic mass is 28.4. The SMILES string of the molecule is C=C(C)C#C[Si](F)(c1c(C(C)C)cc(C(C)C)cc1C(C)C)c1c(C(C)C)cc(C(C)C)cc1C(C)C. The molecule has 0 aliphatic carbocycles. The zero-order valence-corrected chi connectivity index (χ0v) is 26.9. The maximum absolute atomic E-state index is 18.7. The second kappa shape index (κ2) is 12.2. The molecule has 0 unspecified atom stereocenters. The Morgan fingerprint density at radius 3 is 1.05 bits per heavy atom. The number of allylic oxidation sites excluding steroid dienone is 1. The summed E-state index contributed by atoms with van der Waals surface area (Å²) in [6.45, 7) is 32.4. The number of benzene rings is 2. The topological polar surface area (TPSA) is 0 Å². The van der Waals surface area contributed by atoms with Crippen molar-refractivity contribution in [2.75, 3.05) is 0 Å². The Kier molecular flexibility index (Phi) is 10.2. The molecule has 2 heteroatoms. The Labute approximate surface area is 229 Å². The first-order chi connectivity index (χ1) is 17.0. The van der Waals surface area contributed by atoms with Crippen molar-refractivity contribution in [2.45, 2.75) is 126 Å². The molecule has 0 aliphatic heterocycles. The molecule has 0 bridgehead atoms.